The van der Waals surface area contributed by atoms with Crippen molar-refractivity contribution in [3.05, 3.63) is 22.2 Å². The Morgan fingerprint density at radius 2 is 2.00 bits per heavy atom. The minimum atomic E-state index is -5.12. The number of halogens is 5. The molecule has 0 saturated carbocycles. The zero-order valence-corrected chi connectivity index (χ0v) is 13.5. The fourth-order valence-corrected chi connectivity index (χ4v) is 2.83. The molecule has 24 heavy (non-hydrogen) atoms. The van der Waals surface area contributed by atoms with Crippen LogP contribution >= 0.6 is 23.2 Å². The fourth-order valence-electron chi connectivity index (χ4n) is 2.52. The van der Waals surface area contributed by atoms with Crippen molar-refractivity contribution in [1.82, 2.24) is 14.9 Å². The van der Waals surface area contributed by atoms with Crippen molar-refractivity contribution in [3.63, 3.8) is 0 Å². The van der Waals surface area contributed by atoms with Crippen molar-refractivity contribution >= 4 is 52.0 Å². The molecule has 1 aromatic heterocycles. The third kappa shape index (κ3) is 2.15. The number of aromatic nitrogens is 2. The first-order valence-electron chi connectivity index (χ1n) is 6.69. The molecule has 2 N–H and O–H groups in total. The quantitative estimate of drug-likeness (QED) is 0.840. The maximum absolute atomic E-state index is 13.8. The van der Waals surface area contributed by atoms with E-state index in [4.69, 9.17) is 23.2 Å². The molecule has 0 fully saturated rings. The van der Waals surface area contributed by atoms with Gasteiger partial charge in [-0.05, 0) is 12.1 Å². The maximum Gasteiger partial charge on any atom is 0.440 e. The highest BCUT2D eigenvalue weighted by Gasteiger charge is 2.67. The van der Waals surface area contributed by atoms with Crippen molar-refractivity contribution in [2.75, 3.05) is 5.32 Å². The van der Waals surface area contributed by atoms with E-state index in [1.165, 1.54) is 13.0 Å². The van der Waals surface area contributed by atoms with Gasteiger partial charge in [0.05, 0.1) is 21.1 Å². The second kappa shape index (κ2) is 5.25. The number of anilines is 1. The lowest BCUT2D eigenvalue weighted by Crippen LogP contribution is -2.63. The van der Waals surface area contributed by atoms with Gasteiger partial charge in [0.1, 0.15) is 0 Å². The summed E-state index contributed by atoms with van der Waals surface area (Å²) in [6.45, 7) is 1.37. The molecule has 0 spiro atoms. The van der Waals surface area contributed by atoms with Crippen LogP contribution in [0.3, 0.4) is 0 Å². The normalized spacial score (nSPS) is 20.2. The zero-order valence-electron chi connectivity index (χ0n) is 12.0. The average molecular weight is 381 g/mol. The molecule has 128 valence electrons. The predicted molar refractivity (Wildman–Crippen MR) is 80.8 cm³/mol. The number of nitrogens with zero attached hydrogens (tertiary/aromatic N) is 2. The van der Waals surface area contributed by atoms with Crippen LogP contribution in [0.5, 0.6) is 0 Å². The van der Waals surface area contributed by atoms with Gasteiger partial charge >= 0.3 is 6.18 Å². The van der Waals surface area contributed by atoms with Crippen molar-refractivity contribution < 1.29 is 22.8 Å². The van der Waals surface area contributed by atoms with Gasteiger partial charge in [0.15, 0.2) is 0 Å². The molecule has 1 unspecified atom stereocenters. The number of imidazole rings is 1. The predicted octanol–water partition coefficient (Wildman–Crippen LogP) is 3.04. The second-order valence-electron chi connectivity index (χ2n) is 5.09. The number of rotatable bonds is 2. The van der Waals surface area contributed by atoms with Crippen molar-refractivity contribution in [2.24, 2.45) is 0 Å². The van der Waals surface area contributed by atoms with Gasteiger partial charge in [0.2, 0.25) is 11.9 Å². The molecule has 2 heterocycles. The summed E-state index contributed by atoms with van der Waals surface area (Å²) in [6.07, 6.45) is -5.35. The van der Waals surface area contributed by atoms with Crippen LogP contribution in [0.4, 0.5) is 19.1 Å². The van der Waals surface area contributed by atoms with Crippen LogP contribution in [-0.2, 0) is 15.3 Å². The number of hydrogen-bond acceptors (Lipinski definition) is 3. The van der Waals surface area contributed by atoms with E-state index in [0.717, 1.165) is 6.07 Å². The van der Waals surface area contributed by atoms with E-state index in [9.17, 15) is 22.8 Å². The van der Waals surface area contributed by atoms with E-state index in [1.807, 2.05) is 5.32 Å². The summed E-state index contributed by atoms with van der Waals surface area (Å²) in [5, 5.41) is 3.91. The highest BCUT2D eigenvalue weighted by atomic mass is 35.5. The fraction of sp³-hybridized carbons (Fsp3) is 0.308. The lowest BCUT2D eigenvalue weighted by Gasteiger charge is -2.31. The smallest absolute Gasteiger partial charge is 0.317 e. The Bertz CT molecular complexity index is 880. The molecule has 0 saturated heterocycles. The lowest BCUT2D eigenvalue weighted by atomic mass is 10.1. The van der Waals surface area contributed by atoms with Crippen LogP contribution in [-0.4, -0.2) is 27.5 Å². The van der Waals surface area contributed by atoms with Gasteiger partial charge in [0.25, 0.3) is 11.6 Å². The molecule has 1 aromatic carbocycles. The Morgan fingerprint density at radius 1 is 1.38 bits per heavy atom. The van der Waals surface area contributed by atoms with Crippen LogP contribution in [0.25, 0.3) is 11.0 Å². The summed E-state index contributed by atoms with van der Waals surface area (Å²) >= 11 is 11.7. The zero-order chi connectivity index (χ0) is 17.9. The van der Waals surface area contributed by atoms with E-state index in [1.54, 1.807) is 5.32 Å². The van der Waals surface area contributed by atoms with Crippen molar-refractivity contribution in [1.29, 1.82) is 0 Å². The number of fused-ring (bicyclic) bond motifs is 3. The number of benzene rings is 1. The average Bonchev–Trinajstić information content (AvgIpc) is 2.94. The van der Waals surface area contributed by atoms with Gasteiger partial charge in [-0.25, -0.2) is 4.98 Å². The van der Waals surface area contributed by atoms with E-state index < -0.39 is 23.7 Å². The van der Waals surface area contributed by atoms with Crippen molar-refractivity contribution in [3.8, 4) is 0 Å². The van der Waals surface area contributed by atoms with Gasteiger partial charge in [0, 0.05) is 6.42 Å². The molecular weight excluding hydrogens is 372 g/mol. The van der Waals surface area contributed by atoms with E-state index >= 15 is 0 Å². The van der Waals surface area contributed by atoms with Crippen LogP contribution in [0.1, 0.15) is 13.3 Å². The highest BCUT2D eigenvalue weighted by Crippen LogP contribution is 2.44. The molecule has 1 aliphatic heterocycles. The van der Waals surface area contributed by atoms with Crippen molar-refractivity contribution in [2.45, 2.75) is 25.2 Å². The third-order valence-electron chi connectivity index (χ3n) is 3.64. The van der Waals surface area contributed by atoms with Gasteiger partial charge in [-0.2, -0.15) is 13.2 Å². The standard InChI is InChI=1S/C13H9Cl2F3N4O2/c1-2-9(23)21-12(13(16,17)18)10(24)20-11-19-7-3-5(14)6(15)4-8(7)22(11)12/h3-4H,2H2,1H3,(H,21,23)(H,19,20,24). The molecule has 2 aromatic rings. The molecule has 0 aliphatic carbocycles. The summed E-state index contributed by atoms with van der Waals surface area (Å²) in [5.41, 5.74) is -3.30. The molecule has 3 rings (SSSR count). The first-order valence-corrected chi connectivity index (χ1v) is 7.44. The minimum Gasteiger partial charge on any atom is -0.317 e. The second-order valence-corrected chi connectivity index (χ2v) is 5.90. The van der Waals surface area contributed by atoms with Crippen LogP contribution in [0, 0.1) is 0 Å². The molecule has 11 heteroatoms. The lowest BCUT2D eigenvalue weighted by molar-refractivity contribution is -0.217. The Hall–Kier alpha value is -2.00. The topological polar surface area (TPSA) is 76.0 Å². The summed E-state index contributed by atoms with van der Waals surface area (Å²) in [5.74, 6) is -2.76. The number of amides is 2. The van der Waals surface area contributed by atoms with Gasteiger partial charge in [-0.3, -0.25) is 19.5 Å². The van der Waals surface area contributed by atoms with E-state index in [0.29, 0.717) is 4.57 Å². The minimum absolute atomic E-state index is 0.0101. The molecular formula is C13H9Cl2F3N4O2. The first kappa shape index (κ1) is 16.8. The monoisotopic (exact) mass is 380 g/mol. The van der Waals surface area contributed by atoms with Crippen LogP contribution < -0.4 is 10.6 Å². The largest absolute Gasteiger partial charge is 0.440 e. The molecule has 0 bridgehead atoms. The van der Waals surface area contributed by atoms with Gasteiger partial charge < -0.3 is 5.32 Å². The highest BCUT2D eigenvalue weighted by molar-refractivity contribution is 6.42. The SMILES string of the molecule is CCC(=O)NC1(C(F)(F)F)C(=O)Nc2nc3cc(Cl)c(Cl)cc3n21. The summed E-state index contributed by atoms with van der Waals surface area (Å²) in [7, 11) is 0. The molecule has 2 amide bonds. The first-order chi connectivity index (χ1) is 11.1. The molecule has 0 radical (unpaired) electrons. The number of nitrogens with one attached hydrogen (secondary N) is 2. The Morgan fingerprint density at radius 3 is 2.58 bits per heavy atom. The summed E-state index contributed by atoms with van der Waals surface area (Å²) < 4.78 is 42.1. The Labute approximate surface area is 142 Å². The van der Waals surface area contributed by atoms with E-state index in [2.05, 4.69) is 4.98 Å². The molecule has 1 atom stereocenters. The molecule has 1 aliphatic rings. The molecule has 6 nitrogen and oxygen atoms in total. The summed E-state index contributed by atoms with van der Waals surface area (Å²) in [4.78, 5) is 27.7. The van der Waals surface area contributed by atoms with E-state index in [-0.39, 0.29) is 33.4 Å². The van der Waals surface area contributed by atoms with Crippen LogP contribution in [0.15, 0.2) is 12.1 Å². The number of carbonyl (C=O) groups excluding carboxylic acids is 2. The maximum atomic E-state index is 13.8. The van der Waals surface area contributed by atoms with Gasteiger partial charge in [-0.1, -0.05) is 30.1 Å². The Balaban J connectivity index is 2.35. The summed E-state index contributed by atoms with van der Waals surface area (Å²) in [6, 6.07) is 2.44. The number of carbonyl (C=O) groups is 2. The number of hydrogen-bond donors (Lipinski definition) is 2. The number of alkyl halides is 3. The Kier molecular flexibility index (Phi) is 3.68. The van der Waals surface area contributed by atoms with Crippen LogP contribution in [0.2, 0.25) is 10.0 Å². The third-order valence-corrected chi connectivity index (χ3v) is 4.36. The van der Waals surface area contributed by atoms with Gasteiger partial charge in [-0.15, -0.1) is 0 Å².